The Morgan fingerprint density at radius 3 is 2.67 bits per heavy atom. The summed E-state index contributed by atoms with van der Waals surface area (Å²) in [5.74, 6) is 0. The molecule has 0 aliphatic rings. The molecule has 0 fully saturated rings. The van der Waals surface area contributed by atoms with Crippen LogP contribution in [-0.4, -0.2) is 12.7 Å². The van der Waals surface area contributed by atoms with Crippen LogP contribution in [0.25, 0.3) is 6.08 Å². The maximum Gasteiger partial charge on any atom is 0.411 e. The molecule has 1 N–H and O–H groups in total. The molecule has 1 rings (SSSR count). The summed E-state index contributed by atoms with van der Waals surface area (Å²) in [5, 5.41) is 2.63. The molecule has 0 saturated heterocycles. The predicted octanol–water partition coefficient (Wildman–Crippen LogP) is 3.29. The van der Waals surface area contributed by atoms with Gasteiger partial charge in [0.1, 0.15) is 0 Å². The quantitative estimate of drug-likeness (QED) is 0.819. The minimum absolute atomic E-state index is 0.414. The van der Waals surface area contributed by atoms with Crippen molar-refractivity contribution in [2.75, 3.05) is 11.9 Å². The van der Waals surface area contributed by atoms with Crippen molar-refractivity contribution in [1.82, 2.24) is 0 Å². The van der Waals surface area contributed by atoms with E-state index in [1.165, 1.54) is 0 Å². The summed E-state index contributed by atoms with van der Waals surface area (Å²) >= 11 is 0. The van der Waals surface area contributed by atoms with E-state index in [1.807, 2.05) is 31.2 Å². The maximum atomic E-state index is 11.2. The Balaban J connectivity index is 2.49. The lowest BCUT2D eigenvalue weighted by molar-refractivity contribution is 0.161. The van der Waals surface area contributed by atoms with Gasteiger partial charge in [-0.05, 0) is 24.1 Å². The summed E-state index contributed by atoms with van der Waals surface area (Å²) in [6.45, 7) is 6.04. The minimum atomic E-state index is -0.414. The molecule has 0 spiro atoms. The largest absolute Gasteiger partial charge is 0.449 e. The van der Waals surface area contributed by atoms with Gasteiger partial charge < -0.3 is 4.74 Å². The average molecular weight is 205 g/mol. The van der Waals surface area contributed by atoms with Gasteiger partial charge in [-0.25, -0.2) is 4.79 Å². The number of ether oxygens (including phenoxy) is 1. The fourth-order valence-corrected chi connectivity index (χ4v) is 1.05. The topological polar surface area (TPSA) is 38.3 Å². The first-order valence-electron chi connectivity index (χ1n) is 4.92. The lowest BCUT2D eigenvalue weighted by Gasteiger charge is -2.05. The molecular weight excluding hydrogens is 190 g/mol. The molecule has 15 heavy (non-hydrogen) atoms. The number of benzene rings is 1. The van der Waals surface area contributed by atoms with Crippen molar-refractivity contribution in [3.05, 3.63) is 36.4 Å². The third-order valence-corrected chi connectivity index (χ3v) is 1.83. The summed E-state index contributed by atoms with van der Waals surface area (Å²) in [4.78, 5) is 11.2. The van der Waals surface area contributed by atoms with E-state index in [0.29, 0.717) is 6.61 Å². The zero-order valence-electron chi connectivity index (χ0n) is 8.82. The third-order valence-electron chi connectivity index (χ3n) is 1.83. The second-order valence-corrected chi connectivity index (χ2v) is 3.09. The Hall–Kier alpha value is -1.77. The van der Waals surface area contributed by atoms with Crippen molar-refractivity contribution >= 4 is 17.9 Å². The fourth-order valence-electron chi connectivity index (χ4n) is 1.05. The monoisotopic (exact) mass is 205 g/mol. The third kappa shape index (κ3) is 3.85. The first-order chi connectivity index (χ1) is 7.26. The lowest BCUT2D eigenvalue weighted by atomic mass is 10.2. The highest BCUT2D eigenvalue weighted by atomic mass is 16.5. The fraction of sp³-hybridized carbons (Fsp3) is 0.250. The van der Waals surface area contributed by atoms with Crippen LogP contribution in [0.4, 0.5) is 10.5 Å². The summed E-state index contributed by atoms with van der Waals surface area (Å²) in [7, 11) is 0. The van der Waals surface area contributed by atoms with E-state index in [0.717, 1.165) is 17.7 Å². The standard InChI is InChI=1S/C12H15NO2/c1-3-9-15-12(14)13-11-7-5-10(4-2)6-8-11/h4-8H,2-3,9H2,1H3,(H,13,14). The van der Waals surface area contributed by atoms with Gasteiger partial charge in [-0.15, -0.1) is 0 Å². The SMILES string of the molecule is C=Cc1ccc(NC(=O)OCCC)cc1. The lowest BCUT2D eigenvalue weighted by Crippen LogP contribution is -2.13. The zero-order valence-corrected chi connectivity index (χ0v) is 8.82. The summed E-state index contributed by atoms with van der Waals surface area (Å²) in [6.07, 6.45) is 2.16. The first-order valence-corrected chi connectivity index (χ1v) is 4.92. The number of hydrogen-bond acceptors (Lipinski definition) is 2. The van der Waals surface area contributed by atoms with Crippen molar-refractivity contribution in [3.63, 3.8) is 0 Å². The second-order valence-electron chi connectivity index (χ2n) is 3.09. The predicted molar refractivity (Wildman–Crippen MR) is 61.8 cm³/mol. The van der Waals surface area contributed by atoms with Crippen LogP contribution in [-0.2, 0) is 4.74 Å². The van der Waals surface area contributed by atoms with Gasteiger partial charge in [0.25, 0.3) is 0 Å². The smallest absolute Gasteiger partial charge is 0.411 e. The van der Waals surface area contributed by atoms with Crippen molar-refractivity contribution in [2.45, 2.75) is 13.3 Å². The summed E-state index contributed by atoms with van der Waals surface area (Å²) in [5.41, 5.74) is 1.74. The maximum absolute atomic E-state index is 11.2. The number of nitrogens with one attached hydrogen (secondary N) is 1. The molecule has 0 unspecified atom stereocenters. The van der Waals surface area contributed by atoms with E-state index in [2.05, 4.69) is 11.9 Å². The molecule has 0 bridgehead atoms. The van der Waals surface area contributed by atoms with Crippen molar-refractivity contribution in [1.29, 1.82) is 0 Å². The Morgan fingerprint density at radius 2 is 2.13 bits per heavy atom. The molecule has 0 heterocycles. The molecule has 0 radical (unpaired) electrons. The van der Waals surface area contributed by atoms with Crippen molar-refractivity contribution in [3.8, 4) is 0 Å². The molecular formula is C12H15NO2. The molecule has 0 atom stereocenters. The number of amides is 1. The summed E-state index contributed by atoms with van der Waals surface area (Å²) in [6, 6.07) is 7.37. The molecule has 1 amide bonds. The van der Waals surface area contributed by atoms with E-state index in [1.54, 1.807) is 6.08 Å². The van der Waals surface area contributed by atoms with Gasteiger partial charge in [-0.1, -0.05) is 31.7 Å². The average Bonchev–Trinajstić information content (AvgIpc) is 2.27. The molecule has 0 saturated carbocycles. The Labute approximate surface area is 89.8 Å². The van der Waals surface area contributed by atoms with Gasteiger partial charge in [0.15, 0.2) is 0 Å². The number of carbonyl (C=O) groups excluding carboxylic acids is 1. The molecule has 1 aromatic carbocycles. The van der Waals surface area contributed by atoms with Gasteiger partial charge in [0.05, 0.1) is 6.61 Å². The first kappa shape index (κ1) is 11.3. The van der Waals surface area contributed by atoms with Crippen molar-refractivity contribution in [2.24, 2.45) is 0 Å². The van der Waals surface area contributed by atoms with Crippen LogP contribution in [0, 0.1) is 0 Å². The van der Waals surface area contributed by atoms with E-state index in [9.17, 15) is 4.79 Å². The van der Waals surface area contributed by atoms with Crippen LogP contribution in [0.2, 0.25) is 0 Å². The van der Waals surface area contributed by atoms with E-state index >= 15 is 0 Å². The molecule has 0 aromatic heterocycles. The number of anilines is 1. The van der Waals surface area contributed by atoms with Gasteiger partial charge in [-0.2, -0.15) is 0 Å². The highest BCUT2D eigenvalue weighted by Crippen LogP contribution is 2.10. The normalized spacial score (nSPS) is 9.40. The van der Waals surface area contributed by atoms with Crippen molar-refractivity contribution < 1.29 is 9.53 Å². The Bertz CT molecular complexity index is 330. The molecule has 0 aliphatic heterocycles. The number of hydrogen-bond donors (Lipinski definition) is 1. The second kappa shape index (κ2) is 5.86. The molecule has 0 aliphatic carbocycles. The molecule has 1 aromatic rings. The zero-order chi connectivity index (χ0) is 11.1. The number of carbonyl (C=O) groups is 1. The van der Waals surface area contributed by atoms with E-state index in [4.69, 9.17) is 4.74 Å². The van der Waals surface area contributed by atoms with Crippen LogP contribution in [0.15, 0.2) is 30.8 Å². The molecule has 3 nitrogen and oxygen atoms in total. The number of rotatable bonds is 4. The van der Waals surface area contributed by atoms with Crippen LogP contribution in [0.1, 0.15) is 18.9 Å². The van der Waals surface area contributed by atoms with Crippen LogP contribution >= 0.6 is 0 Å². The Morgan fingerprint density at radius 1 is 1.47 bits per heavy atom. The van der Waals surface area contributed by atoms with Crippen LogP contribution in [0.5, 0.6) is 0 Å². The molecule has 3 heteroatoms. The van der Waals surface area contributed by atoms with Gasteiger partial charge >= 0.3 is 6.09 Å². The van der Waals surface area contributed by atoms with E-state index in [-0.39, 0.29) is 0 Å². The van der Waals surface area contributed by atoms with Crippen LogP contribution in [0.3, 0.4) is 0 Å². The highest BCUT2D eigenvalue weighted by Gasteiger charge is 2.01. The summed E-state index contributed by atoms with van der Waals surface area (Å²) < 4.78 is 4.88. The highest BCUT2D eigenvalue weighted by molar-refractivity contribution is 5.84. The minimum Gasteiger partial charge on any atom is -0.449 e. The van der Waals surface area contributed by atoms with Gasteiger partial charge in [0.2, 0.25) is 0 Å². The Kier molecular flexibility index (Phi) is 4.41. The molecule has 80 valence electrons. The van der Waals surface area contributed by atoms with Gasteiger partial charge in [-0.3, -0.25) is 5.32 Å². The van der Waals surface area contributed by atoms with Gasteiger partial charge in [0, 0.05) is 5.69 Å². The van der Waals surface area contributed by atoms with Crippen LogP contribution < -0.4 is 5.32 Å². The van der Waals surface area contributed by atoms with E-state index < -0.39 is 6.09 Å².